The summed E-state index contributed by atoms with van der Waals surface area (Å²) >= 11 is 1.47. The number of rotatable bonds is 2. The molecular formula is C15H12F2N2S. The fraction of sp³-hybridized carbons (Fsp3) is 0.133. The molecule has 0 amide bonds. The summed E-state index contributed by atoms with van der Waals surface area (Å²) in [6.45, 7) is 1.78. The minimum atomic E-state index is -0.361. The zero-order chi connectivity index (χ0) is 14.3. The molecule has 2 nitrogen and oxygen atoms in total. The predicted molar refractivity (Wildman–Crippen MR) is 77.5 cm³/mol. The maximum atomic E-state index is 14.3. The molecule has 0 aliphatic carbocycles. The molecule has 3 aromatic rings. The Bertz CT molecular complexity index is 796. The molecule has 0 N–H and O–H groups in total. The Morgan fingerprint density at radius 2 is 1.90 bits per heavy atom. The van der Waals surface area contributed by atoms with Crippen molar-refractivity contribution in [3.05, 3.63) is 53.9 Å². The number of hydrogen-bond acceptors (Lipinski definition) is 2. The van der Waals surface area contributed by atoms with E-state index in [1.54, 1.807) is 23.6 Å². The van der Waals surface area contributed by atoms with E-state index in [1.165, 1.54) is 30.0 Å². The molecule has 1 aromatic heterocycles. The predicted octanol–water partition coefficient (Wildman–Crippen LogP) is 4.33. The number of nitrogens with zero attached hydrogens (tertiary/aromatic N) is 2. The maximum absolute atomic E-state index is 14.3. The van der Waals surface area contributed by atoms with Gasteiger partial charge >= 0.3 is 0 Å². The van der Waals surface area contributed by atoms with Crippen LogP contribution in [0, 0.1) is 18.6 Å². The number of fused-ring (bicyclic) bond motifs is 1. The van der Waals surface area contributed by atoms with E-state index in [-0.39, 0.29) is 11.6 Å². The Morgan fingerprint density at radius 1 is 1.10 bits per heavy atom. The number of aryl methyl sites for hydroxylation is 1. The molecule has 0 aliphatic heterocycles. The molecule has 2 aromatic carbocycles. The third kappa shape index (κ3) is 2.08. The number of hydrogen-bond donors (Lipinski definition) is 0. The van der Waals surface area contributed by atoms with Crippen LogP contribution >= 0.6 is 11.8 Å². The molecule has 0 saturated carbocycles. The van der Waals surface area contributed by atoms with Crippen LogP contribution in [0.2, 0.25) is 0 Å². The third-order valence-corrected chi connectivity index (χ3v) is 3.91. The van der Waals surface area contributed by atoms with Crippen molar-refractivity contribution in [1.82, 2.24) is 9.55 Å². The summed E-state index contributed by atoms with van der Waals surface area (Å²) in [6, 6.07) is 9.34. The van der Waals surface area contributed by atoms with Crippen molar-refractivity contribution in [1.29, 1.82) is 0 Å². The van der Waals surface area contributed by atoms with Gasteiger partial charge in [0.05, 0.1) is 16.7 Å². The molecule has 102 valence electrons. The van der Waals surface area contributed by atoms with E-state index in [4.69, 9.17) is 0 Å². The first-order chi connectivity index (χ1) is 9.60. The van der Waals surface area contributed by atoms with Crippen LogP contribution < -0.4 is 0 Å². The summed E-state index contributed by atoms with van der Waals surface area (Å²) in [6.07, 6.45) is 1.89. The fourth-order valence-corrected chi connectivity index (χ4v) is 2.69. The molecule has 3 rings (SSSR count). The van der Waals surface area contributed by atoms with Crippen molar-refractivity contribution in [3.63, 3.8) is 0 Å². The second-order valence-corrected chi connectivity index (χ2v) is 5.32. The van der Waals surface area contributed by atoms with Gasteiger partial charge in [0.1, 0.15) is 17.5 Å². The zero-order valence-electron chi connectivity index (χ0n) is 11.0. The van der Waals surface area contributed by atoms with E-state index in [1.807, 2.05) is 12.3 Å². The Labute approximate surface area is 119 Å². The van der Waals surface area contributed by atoms with E-state index in [9.17, 15) is 8.78 Å². The average molecular weight is 290 g/mol. The molecule has 0 saturated heterocycles. The normalized spacial score (nSPS) is 11.2. The summed E-state index contributed by atoms with van der Waals surface area (Å²) in [5.74, 6) is -0.0790. The van der Waals surface area contributed by atoms with E-state index < -0.39 is 0 Å². The summed E-state index contributed by atoms with van der Waals surface area (Å²) in [4.78, 5) is 5.19. The van der Waals surface area contributed by atoms with Crippen molar-refractivity contribution < 1.29 is 8.78 Å². The lowest BCUT2D eigenvalue weighted by molar-refractivity contribution is 0.613. The van der Waals surface area contributed by atoms with Crippen molar-refractivity contribution in [2.45, 2.75) is 11.8 Å². The SMILES string of the molecule is CSc1ccc(-n2c(C)nc3ccc(F)cc32)c(F)c1. The van der Waals surface area contributed by atoms with Crippen LogP contribution in [0.3, 0.4) is 0 Å². The van der Waals surface area contributed by atoms with Crippen molar-refractivity contribution in [2.24, 2.45) is 0 Å². The first-order valence-corrected chi connectivity index (χ1v) is 7.31. The molecule has 5 heteroatoms. The van der Waals surface area contributed by atoms with Gasteiger partial charge in [0, 0.05) is 11.0 Å². The molecule has 1 heterocycles. The lowest BCUT2D eigenvalue weighted by Gasteiger charge is -2.09. The number of benzene rings is 2. The smallest absolute Gasteiger partial charge is 0.148 e. The molecule has 0 atom stereocenters. The Kier molecular flexibility index (Phi) is 3.22. The Morgan fingerprint density at radius 3 is 2.60 bits per heavy atom. The van der Waals surface area contributed by atoms with Crippen LogP contribution in [0.15, 0.2) is 41.3 Å². The zero-order valence-corrected chi connectivity index (χ0v) is 11.8. The van der Waals surface area contributed by atoms with Crippen LogP contribution in [0.5, 0.6) is 0 Å². The molecular weight excluding hydrogens is 278 g/mol. The van der Waals surface area contributed by atoms with Crippen LogP contribution in [-0.4, -0.2) is 15.8 Å². The highest BCUT2D eigenvalue weighted by atomic mass is 32.2. The van der Waals surface area contributed by atoms with Crippen molar-refractivity contribution in [3.8, 4) is 5.69 Å². The third-order valence-electron chi connectivity index (χ3n) is 3.18. The minimum absolute atomic E-state index is 0.344. The quantitative estimate of drug-likeness (QED) is 0.654. The van der Waals surface area contributed by atoms with Crippen LogP contribution in [0.25, 0.3) is 16.7 Å². The highest BCUT2D eigenvalue weighted by Gasteiger charge is 2.13. The molecule has 0 aliphatic rings. The van der Waals surface area contributed by atoms with Crippen LogP contribution in [-0.2, 0) is 0 Å². The number of imidazole rings is 1. The number of aromatic nitrogens is 2. The summed E-state index contributed by atoms with van der Waals surface area (Å²) < 4.78 is 29.3. The first kappa shape index (κ1) is 13.1. The highest BCUT2D eigenvalue weighted by Crippen LogP contribution is 2.26. The number of thioether (sulfide) groups is 1. The molecule has 0 radical (unpaired) electrons. The van der Waals surface area contributed by atoms with Gasteiger partial charge < -0.3 is 0 Å². The standard InChI is InChI=1S/C15H12F2N2S/c1-9-18-13-5-3-10(16)7-15(13)19(9)14-6-4-11(20-2)8-12(14)17/h3-8H,1-2H3. The molecule has 0 unspecified atom stereocenters. The van der Waals surface area contributed by atoms with E-state index >= 15 is 0 Å². The van der Waals surface area contributed by atoms with E-state index in [0.29, 0.717) is 22.5 Å². The van der Waals surface area contributed by atoms with Crippen molar-refractivity contribution >= 4 is 22.8 Å². The van der Waals surface area contributed by atoms with Gasteiger partial charge in [-0.2, -0.15) is 0 Å². The maximum Gasteiger partial charge on any atom is 0.148 e. The largest absolute Gasteiger partial charge is 0.293 e. The van der Waals surface area contributed by atoms with Gasteiger partial charge in [0.25, 0.3) is 0 Å². The van der Waals surface area contributed by atoms with Gasteiger partial charge in [-0.3, -0.25) is 4.57 Å². The minimum Gasteiger partial charge on any atom is -0.293 e. The molecule has 0 bridgehead atoms. The molecule has 0 fully saturated rings. The van der Waals surface area contributed by atoms with Gasteiger partial charge in [0.2, 0.25) is 0 Å². The lowest BCUT2D eigenvalue weighted by Crippen LogP contribution is -2.00. The van der Waals surface area contributed by atoms with Gasteiger partial charge in [-0.1, -0.05) is 0 Å². The Balaban J connectivity index is 2.28. The van der Waals surface area contributed by atoms with E-state index in [2.05, 4.69) is 4.98 Å². The van der Waals surface area contributed by atoms with Gasteiger partial charge in [-0.25, -0.2) is 13.8 Å². The van der Waals surface area contributed by atoms with Gasteiger partial charge in [-0.15, -0.1) is 11.8 Å². The van der Waals surface area contributed by atoms with Crippen LogP contribution in [0.1, 0.15) is 5.82 Å². The van der Waals surface area contributed by atoms with Gasteiger partial charge in [0.15, 0.2) is 0 Å². The first-order valence-electron chi connectivity index (χ1n) is 6.08. The van der Waals surface area contributed by atoms with Gasteiger partial charge in [-0.05, 0) is 43.5 Å². The highest BCUT2D eigenvalue weighted by molar-refractivity contribution is 7.98. The number of halogens is 2. The monoisotopic (exact) mass is 290 g/mol. The Hall–Kier alpha value is -1.88. The van der Waals surface area contributed by atoms with Crippen molar-refractivity contribution in [2.75, 3.05) is 6.26 Å². The summed E-state index contributed by atoms with van der Waals surface area (Å²) in [7, 11) is 0. The fourth-order valence-electron chi connectivity index (χ4n) is 2.27. The average Bonchev–Trinajstić information content (AvgIpc) is 2.74. The molecule has 0 spiro atoms. The summed E-state index contributed by atoms with van der Waals surface area (Å²) in [5, 5.41) is 0. The second-order valence-electron chi connectivity index (χ2n) is 4.44. The second kappa shape index (κ2) is 4.90. The van der Waals surface area contributed by atoms with Crippen LogP contribution in [0.4, 0.5) is 8.78 Å². The lowest BCUT2D eigenvalue weighted by atomic mass is 10.2. The topological polar surface area (TPSA) is 17.8 Å². The summed E-state index contributed by atoms with van der Waals surface area (Å²) in [5.41, 5.74) is 1.60. The van der Waals surface area contributed by atoms with E-state index in [0.717, 1.165) is 4.90 Å². The molecule has 20 heavy (non-hydrogen) atoms.